The number of imidazole rings is 1. The molecular formula is C12H10FN5O. The van der Waals surface area contributed by atoms with Gasteiger partial charge in [0.25, 0.3) is 5.89 Å². The van der Waals surface area contributed by atoms with Gasteiger partial charge in [-0.1, -0.05) is 11.2 Å². The molecule has 0 radical (unpaired) electrons. The molecule has 0 unspecified atom stereocenters. The van der Waals surface area contributed by atoms with Crippen LogP contribution in [0, 0.1) is 5.82 Å². The van der Waals surface area contributed by atoms with E-state index in [1.165, 1.54) is 12.1 Å². The first-order valence-electron chi connectivity index (χ1n) is 5.51. The van der Waals surface area contributed by atoms with Crippen LogP contribution in [0.2, 0.25) is 0 Å². The van der Waals surface area contributed by atoms with Crippen LogP contribution in [0.1, 0.15) is 0 Å². The predicted octanol–water partition coefficient (Wildman–Crippen LogP) is 1.86. The van der Waals surface area contributed by atoms with Crippen molar-refractivity contribution in [2.24, 2.45) is 7.05 Å². The number of nitrogen functional groups attached to an aromatic ring is 1. The summed E-state index contributed by atoms with van der Waals surface area (Å²) in [6.45, 7) is 0. The van der Waals surface area contributed by atoms with E-state index in [0.717, 1.165) is 0 Å². The smallest absolute Gasteiger partial charge is 0.263 e. The molecule has 0 bridgehead atoms. The van der Waals surface area contributed by atoms with Crippen molar-refractivity contribution in [3.8, 4) is 23.0 Å². The topological polar surface area (TPSA) is 82.8 Å². The molecule has 3 rings (SSSR count). The lowest BCUT2D eigenvalue weighted by atomic mass is 10.1. The molecule has 19 heavy (non-hydrogen) atoms. The van der Waals surface area contributed by atoms with Gasteiger partial charge in [-0.05, 0) is 12.1 Å². The van der Waals surface area contributed by atoms with Crippen LogP contribution in [0.15, 0.2) is 35.2 Å². The third-order valence-electron chi connectivity index (χ3n) is 2.73. The third kappa shape index (κ3) is 1.85. The van der Waals surface area contributed by atoms with Crippen LogP contribution >= 0.6 is 0 Å². The molecule has 6 nitrogen and oxygen atoms in total. The summed E-state index contributed by atoms with van der Waals surface area (Å²) in [6, 6.07) is 4.39. The Kier molecular flexibility index (Phi) is 2.52. The zero-order valence-electron chi connectivity index (χ0n) is 10.0. The monoisotopic (exact) mass is 259 g/mol. The van der Waals surface area contributed by atoms with Gasteiger partial charge in [0.05, 0.1) is 18.1 Å². The standard InChI is InChI=1S/C12H10FN5O/c1-18-6-15-5-9(18)11-16-12(19-17-11)10-7(13)3-2-4-8(10)14/h2-6H,14H2,1H3. The van der Waals surface area contributed by atoms with Gasteiger partial charge in [-0.15, -0.1) is 0 Å². The maximum Gasteiger partial charge on any atom is 0.263 e. The number of rotatable bonds is 2. The minimum absolute atomic E-state index is 0.0480. The summed E-state index contributed by atoms with van der Waals surface area (Å²) in [6.07, 6.45) is 3.21. The first-order valence-corrected chi connectivity index (χ1v) is 5.51. The lowest BCUT2D eigenvalue weighted by Gasteiger charge is -2.00. The highest BCUT2D eigenvalue weighted by Crippen LogP contribution is 2.28. The Bertz CT molecular complexity index is 713. The van der Waals surface area contributed by atoms with Gasteiger partial charge in [0, 0.05) is 12.7 Å². The number of nitrogens with zero attached hydrogens (tertiary/aromatic N) is 4. The Labute approximate surface area is 107 Å². The summed E-state index contributed by atoms with van der Waals surface area (Å²) < 4.78 is 20.5. The number of aryl methyl sites for hydroxylation is 1. The minimum Gasteiger partial charge on any atom is -0.398 e. The molecule has 2 N–H and O–H groups in total. The number of halogens is 1. The molecule has 0 fully saturated rings. The molecule has 1 aromatic carbocycles. The first kappa shape index (κ1) is 11.4. The van der Waals surface area contributed by atoms with Gasteiger partial charge in [-0.3, -0.25) is 0 Å². The maximum atomic E-state index is 13.7. The van der Waals surface area contributed by atoms with Gasteiger partial charge in [-0.25, -0.2) is 9.37 Å². The molecule has 0 aliphatic rings. The van der Waals surface area contributed by atoms with Crippen LogP contribution in [0.4, 0.5) is 10.1 Å². The number of anilines is 1. The molecule has 0 amide bonds. The molecule has 96 valence electrons. The maximum absolute atomic E-state index is 13.7. The fraction of sp³-hybridized carbons (Fsp3) is 0.0833. The Morgan fingerprint density at radius 2 is 2.21 bits per heavy atom. The van der Waals surface area contributed by atoms with E-state index in [2.05, 4.69) is 15.1 Å². The van der Waals surface area contributed by atoms with Crippen molar-refractivity contribution in [3.63, 3.8) is 0 Å². The molecule has 0 aliphatic carbocycles. The van der Waals surface area contributed by atoms with E-state index in [1.54, 1.807) is 30.2 Å². The lowest BCUT2D eigenvalue weighted by molar-refractivity contribution is 0.429. The molecule has 3 aromatic rings. The van der Waals surface area contributed by atoms with Crippen molar-refractivity contribution in [1.29, 1.82) is 0 Å². The zero-order chi connectivity index (χ0) is 13.4. The van der Waals surface area contributed by atoms with Gasteiger partial charge in [-0.2, -0.15) is 4.98 Å². The average molecular weight is 259 g/mol. The van der Waals surface area contributed by atoms with Crippen LogP contribution in [0.3, 0.4) is 0 Å². The summed E-state index contributed by atoms with van der Waals surface area (Å²) in [7, 11) is 1.80. The lowest BCUT2D eigenvalue weighted by Crippen LogP contribution is -1.94. The van der Waals surface area contributed by atoms with Gasteiger partial charge in [0.1, 0.15) is 11.5 Å². The molecule has 2 heterocycles. The Morgan fingerprint density at radius 1 is 1.37 bits per heavy atom. The first-order chi connectivity index (χ1) is 9.16. The highest BCUT2D eigenvalue weighted by atomic mass is 19.1. The third-order valence-corrected chi connectivity index (χ3v) is 2.73. The summed E-state index contributed by atoms with van der Waals surface area (Å²) in [4.78, 5) is 8.10. The number of hydrogen-bond acceptors (Lipinski definition) is 5. The van der Waals surface area contributed by atoms with Crippen LogP contribution < -0.4 is 5.73 Å². The van der Waals surface area contributed by atoms with Crippen LogP contribution in [0.5, 0.6) is 0 Å². The van der Waals surface area contributed by atoms with E-state index < -0.39 is 5.82 Å². The molecular weight excluding hydrogens is 249 g/mol. The molecule has 0 saturated heterocycles. The van der Waals surface area contributed by atoms with Crippen LogP contribution in [-0.4, -0.2) is 19.7 Å². The number of aromatic nitrogens is 4. The fourth-order valence-electron chi connectivity index (χ4n) is 1.77. The minimum atomic E-state index is -0.500. The summed E-state index contributed by atoms with van der Waals surface area (Å²) in [5, 5.41) is 3.81. The van der Waals surface area contributed by atoms with Crippen molar-refractivity contribution >= 4 is 5.69 Å². The molecule has 0 saturated carbocycles. The van der Waals surface area contributed by atoms with Gasteiger partial charge >= 0.3 is 0 Å². The van der Waals surface area contributed by atoms with E-state index in [-0.39, 0.29) is 17.1 Å². The van der Waals surface area contributed by atoms with Crippen LogP contribution in [0.25, 0.3) is 23.0 Å². The molecule has 7 heteroatoms. The molecule has 0 atom stereocenters. The predicted molar refractivity (Wildman–Crippen MR) is 66.3 cm³/mol. The van der Waals surface area contributed by atoms with Crippen molar-refractivity contribution in [3.05, 3.63) is 36.5 Å². The van der Waals surface area contributed by atoms with Crippen molar-refractivity contribution in [1.82, 2.24) is 19.7 Å². The van der Waals surface area contributed by atoms with Crippen molar-refractivity contribution in [2.75, 3.05) is 5.73 Å². The molecule has 2 aromatic heterocycles. The Morgan fingerprint density at radius 3 is 2.89 bits per heavy atom. The van der Waals surface area contributed by atoms with E-state index in [9.17, 15) is 4.39 Å². The second-order valence-corrected chi connectivity index (χ2v) is 4.02. The highest BCUT2D eigenvalue weighted by molar-refractivity contribution is 5.71. The van der Waals surface area contributed by atoms with Crippen molar-refractivity contribution in [2.45, 2.75) is 0 Å². The largest absolute Gasteiger partial charge is 0.398 e. The zero-order valence-corrected chi connectivity index (χ0v) is 10.0. The fourth-order valence-corrected chi connectivity index (χ4v) is 1.77. The van der Waals surface area contributed by atoms with Crippen molar-refractivity contribution < 1.29 is 8.91 Å². The summed E-state index contributed by atoms with van der Waals surface area (Å²) in [5.74, 6) is -0.121. The summed E-state index contributed by atoms with van der Waals surface area (Å²) in [5.41, 5.74) is 6.76. The SMILES string of the molecule is Cn1cncc1-c1noc(-c2c(N)cccc2F)n1. The van der Waals surface area contributed by atoms with E-state index in [1.807, 2.05) is 0 Å². The number of nitrogens with two attached hydrogens (primary N) is 1. The van der Waals surface area contributed by atoms with Gasteiger partial charge in [0.15, 0.2) is 0 Å². The highest BCUT2D eigenvalue weighted by Gasteiger charge is 2.18. The second kappa shape index (κ2) is 4.20. The quantitative estimate of drug-likeness (QED) is 0.710. The van der Waals surface area contributed by atoms with E-state index in [0.29, 0.717) is 11.5 Å². The summed E-state index contributed by atoms with van der Waals surface area (Å²) >= 11 is 0. The van der Waals surface area contributed by atoms with E-state index >= 15 is 0 Å². The second-order valence-electron chi connectivity index (χ2n) is 4.02. The van der Waals surface area contributed by atoms with Gasteiger partial charge < -0.3 is 14.8 Å². The number of benzene rings is 1. The van der Waals surface area contributed by atoms with Gasteiger partial charge in [0.2, 0.25) is 5.82 Å². The Hall–Kier alpha value is -2.70. The molecule has 0 aliphatic heterocycles. The number of hydrogen-bond donors (Lipinski definition) is 1. The Balaban J connectivity index is 2.10. The normalized spacial score (nSPS) is 10.8. The molecule has 0 spiro atoms. The van der Waals surface area contributed by atoms with Crippen LogP contribution in [-0.2, 0) is 7.05 Å². The average Bonchev–Trinajstić information content (AvgIpc) is 2.98. The van der Waals surface area contributed by atoms with E-state index in [4.69, 9.17) is 10.3 Å².